The van der Waals surface area contributed by atoms with Gasteiger partial charge in [-0.1, -0.05) is 0 Å². The molecule has 3 aliphatic heterocycles. The van der Waals surface area contributed by atoms with Gasteiger partial charge in [-0.05, 0) is 6.07 Å². The summed E-state index contributed by atoms with van der Waals surface area (Å²) >= 11 is 0. The van der Waals surface area contributed by atoms with Gasteiger partial charge in [0.1, 0.15) is 54.3 Å². The highest BCUT2D eigenvalue weighted by atomic mass is 31.2. The number of nitrogen functional groups attached to an aromatic ring is 2. The molecule has 3 saturated heterocycles. The number of hydrogen-bond donors (Lipinski definition) is 6. The van der Waals surface area contributed by atoms with Crippen LogP contribution in [-0.4, -0.2) is 98.9 Å². The Morgan fingerprint density at radius 1 is 1.10 bits per heavy atom. The minimum Gasteiger partial charge on any atom is -0.394 e. The minimum atomic E-state index is -5.04. The molecule has 10 atom stereocenters. The van der Waals surface area contributed by atoms with Crippen LogP contribution in [0.3, 0.4) is 0 Å². The molecule has 3 fully saturated rings. The van der Waals surface area contributed by atoms with Gasteiger partial charge >= 0.3 is 21.3 Å². The molecular formula is C19H24N8O13P2. The zero-order valence-electron chi connectivity index (χ0n) is 21.0. The number of phosphoric acid groups is 2. The number of imidazole rings is 1. The Morgan fingerprint density at radius 2 is 1.83 bits per heavy atom. The van der Waals surface area contributed by atoms with Crippen molar-refractivity contribution in [2.24, 2.45) is 0 Å². The van der Waals surface area contributed by atoms with E-state index in [0.717, 1.165) is 4.57 Å². The largest absolute Gasteiger partial charge is 0.473 e. The molecule has 0 bridgehead atoms. The summed E-state index contributed by atoms with van der Waals surface area (Å²) in [5.74, 6) is -0.0167. The van der Waals surface area contributed by atoms with Crippen LogP contribution >= 0.6 is 15.6 Å². The summed E-state index contributed by atoms with van der Waals surface area (Å²) in [7, 11) is -9.61. The summed E-state index contributed by atoms with van der Waals surface area (Å²) in [6.07, 6.45) is -7.39. The Labute approximate surface area is 233 Å². The van der Waals surface area contributed by atoms with E-state index in [9.17, 15) is 33.9 Å². The van der Waals surface area contributed by atoms with Crippen molar-refractivity contribution in [3.05, 3.63) is 35.4 Å². The molecule has 0 amide bonds. The molecule has 0 spiro atoms. The Kier molecular flexibility index (Phi) is 7.41. The van der Waals surface area contributed by atoms with E-state index in [2.05, 4.69) is 19.9 Å². The number of rotatable bonds is 8. The summed E-state index contributed by atoms with van der Waals surface area (Å²) in [6, 6.07) is 1.28. The van der Waals surface area contributed by atoms with Crippen LogP contribution in [0.5, 0.6) is 0 Å². The van der Waals surface area contributed by atoms with Gasteiger partial charge in [-0.15, -0.1) is 0 Å². The van der Waals surface area contributed by atoms with Crippen molar-refractivity contribution in [2.75, 3.05) is 24.7 Å². The first-order valence-corrected chi connectivity index (χ1v) is 15.1. The lowest BCUT2D eigenvalue weighted by Gasteiger charge is -2.24. The second kappa shape index (κ2) is 10.7. The lowest BCUT2D eigenvalue weighted by atomic mass is 10.1. The van der Waals surface area contributed by atoms with Crippen molar-refractivity contribution in [1.29, 1.82) is 0 Å². The van der Waals surface area contributed by atoms with Crippen LogP contribution in [0.4, 0.5) is 11.6 Å². The van der Waals surface area contributed by atoms with Crippen LogP contribution in [0.25, 0.3) is 11.2 Å². The standard InChI is InChI=1S/C19H24N8O13P2/c20-9-1-2-26(19(30)25-9)18-14-13(39-42(33,34)40-14)8(37-18)4-35-41(31,32)38-12-7(3-28)36-17(11(12)29)27-6-24-10-15(21)22-5-23-16(10)27/h1-2,5-8,11-14,17-18,28-29H,3-4H2,(H,31,32)(H,33,34)(H2,20,25,30)(H2,21,22,23). The van der Waals surface area contributed by atoms with E-state index in [-0.39, 0.29) is 22.8 Å². The lowest BCUT2D eigenvalue weighted by Crippen LogP contribution is -2.36. The number of aliphatic hydroxyl groups is 2. The van der Waals surface area contributed by atoms with E-state index in [4.69, 9.17) is 39.0 Å². The van der Waals surface area contributed by atoms with Crippen molar-refractivity contribution in [2.45, 2.75) is 49.1 Å². The molecule has 228 valence electrons. The number of aliphatic hydroxyl groups excluding tert-OH is 2. The second-order valence-electron chi connectivity index (χ2n) is 9.37. The first-order chi connectivity index (χ1) is 19.9. The molecule has 0 radical (unpaired) electrons. The van der Waals surface area contributed by atoms with Gasteiger partial charge < -0.3 is 40.9 Å². The molecule has 6 heterocycles. The third-order valence-corrected chi connectivity index (χ3v) is 8.73. The van der Waals surface area contributed by atoms with Crippen molar-refractivity contribution in [3.8, 4) is 0 Å². The van der Waals surface area contributed by atoms with E-state index in [0.29, 0.717) is 0 Å². The number of phosphoric ester groups is 2. The van der Waals surface area contributed by atoms with Crippen LogP contribution in [0.15, 0.2) is 29.7 Å². The van der Waals surface area contributed by atoms with Gasteiger partial charge in [-0.3, -0.25) is 27.2 Å². The highest BCUT2D eigenvalue weighted by molar-refractivity contribution is 7.47. The third-order valence-electron chi connectivity index (χ3n) is 6.73. The fourth-order valence-corrected chi connectivity index (χ4v) is 7.00. The molecule has 21 nitrogen and oxygen atoms in total. The Bertz CT molecular complexity index is 1660. The van der Waals surface area contributed by atoms with E-state index in [1.165, 1.54) is 29.5 Å². The normalized spacial score (nSPS) is 35.9. The summed E-state index contributed by atoms with van der Waals surface area (Å²) in [4.78, 5) is 48.2. The van der Waals surface area contributed by atoms with Gasteiger partial charge in [0.2, 0.25) is 0 Å². The summed E-state index contributed by atoms with van der Waals surface area (Å²) < 4.78 is 59.0. The molecular weight excluding hydrogens is 610 g/mol. The van der Waals surface area contributed by atoms with Gasteiger partial charge in [0.25, 0.3) is 0 Å². The number of nitrogens with zero attached hydrogens (tertiary/aromatic N) is 6. The fraction of sp³-hybridized carbons (Fsp3) is 0.526. The summed E-state index contributed by atoms with van der Waals surface area (Å²) in [5.41, 5.74) is 10.8. The van der Waals surface area contributed by atoms with E-state index in [1.54, 1.807) is 0 Å². The maximum Gasteiger partial charge on any atom is 0.473 e. The Morgan fingerprint density at radius 3 is 2.57 bits per heavy atom. The van der Waals surface area contributed by atoms with Crippen LogP contribution < -0.4 is 17.2 Å². The second-order valence-corrected chi connectivity index (χ2v) is 12.1. The number of aromatic nitrogens is 6. The molecule has 6 rings (SSSR count). The van der Waals surface area contributed by atoms with Gasteiger partial charge in [-0.2, -0.15) is 4.98 Å². The zero-order chi connectivity index (χ0) is 30.0. The van der Waals surface area contributed by atoms with Crippen molar-refractivity contribution in [1.82, 2.24) is 29.1 Å². The summed E-state index contributed by atoms with van der Waals surface area (Å²) in [5, 5.41) is 20.8. The van der Waals surface area contributed by atoms with Gasteiger partial charge in [0.15, 0.2) is 23.9 Å². The molecule has 3 aromatic heterocycles. The minimum absolute atomic E-state index is 0.0661. The van der Waals surface area contributed by atoms with Crippen LogP contribution in [0.1, 0.15) is 12.5 Å². The van der Waals surface area contributed by atoms with Gasteiger partial charge in [0.05, 0.1) is 19.5 Å². The first kappa shape index (κ1) is 29.2. The molecule has 0 aromatic carbocycles. The fourth-order valence-electron chi connectivity index (χ4n) is 4.89. The third kappa shape index (κ3) is 5.23. The molecule has 42 heavy (non-hydrogen) atoms. The maximum absolute atomic E-state index is 12.9. The molecule has 3 aliphatic rings. The maximum atomic E-state index is 12.9. The van der Waals surface area contributed by atoms with Gasteiger partial charge in [-0.25, -0.2) is 28.9 Å². The first-order valence-electron chi connectivity index (χ1n) is 12.1. The number of hydrogen-bond acceptors (Lipinski definition) is 17. The van der Waals surface area contributed by atoms with Crippen molar-refractivity contribution >= 4 is 38.4 Å². The number of ether oxygens (including phenoxy) is 2. The predicted molar refractivity (Wildman–Crippen MR) is 134 cm³/mol. The van der Waals surface area contributed by atoms with E-state index >= 15 is 0 Å². The van der Waals surface area contributed by atoms with Crippen LogP contribution in [0.2, 0.25) is 0 Å². The molecule has 23 heteroatoms. The lowest BCUT2D eigenvalue weighted by molar-refractivity contribution is -0.0669. The molecule has 0 saturated carbocycles. The van der Waals surface area contributed by atoms with Gasteiger partial charge in [0, 0.05) is 6.20 Å². The molecule has 8 N–H and O–H groups in total. The molecule has 3 aromatic rings. The van der Waals surface area contributed by atoms with Crippen LogP contribution in [-0.2, 0) is 36.7 Å². The zero-order valence-corrected chi connectivity index (χ0v) is 22.8. The smallest absolute Gasteiger partial charge is 0.394 e. The quantitative estimate of drug-likeness (QED) is 0.143. The predicted octanol–water partition coefficient (Wildman–Crippen LogP) is -2.22. The number of fused-ring (bicyclic) bond motifs is 2. The van der Waals surface area contributed by atoms with Crippen molar-refractivity contribution < 1.29 is 56.7 Å². The molecule has 0 aliphatic carbocycles. The van der Waals surface area contributed by atoms with E-state index in [1.807, 2.05) is 0 Å². The topological polar surface area (TPSA) is 301 Å². The number of nitrogens with two attached hydrogens (primary N) is 2. The van der Waals surface area contributed by atoms with Crippen molar-refractivity contribution in [3.63, 3.8) is 0 Å². The van der Waals surface area contributed by atoms with Crippen LogP contribution in [0, 0.1) is 0 Å². The highest BCUT2D eigenvalue weighted by Gasteiger charge is 2.58. The van der Waals surface area contributed by atoms with E-state index < -0.39 is 83.6 Å². The monoisotopic (exact) mass is 634 g/mol. The average molecular weight is 634 g/mol. The molecule has 10 unspecified atom stereocenters. The Balaban J connectivity index is 1.17. The summed E-state index contributed by atoms with van der Waals surface area (Å²) in [6.45, 7) is -1.48. The number of anilines is 2. The SMILES string of the molecule is Nc1ccn(C2OC(COP(=O)(O)OC3C(CO)OC(n4cnc5c(N)ncnc54)C3O)C3OP(=O)(O)OC32)c(=O)n1. The Hall–Kier alpha value is -2.91. The average Bonchev–Trinajstić information content (AvgIpc) is 3.65. The highest BCUT2D eigenvalue weighted by Crippen LogP contribution is 2.59.